The van der Waals surface area contributed by atoms with Crippen LogP contribution in [-0.4, -0.2) is 184 Å². The molecule has 0 amide bonds. The second-order valence-corrected chi connectivity index (χ2v) is 81.5. The van der Waals surface area contributed by atoms with Gasteiger partial charge in [0, 0.05) is 0 Å². The molecule has 1 aliphatic carbocycles. The Bertz CT molecular complexity index is 2070. The van der Waals surface area contributed by atoms with Gasteiger partial charge in [-0.15, -0.1) is 0 Å². The summed E-state index contributed by atoms with van der Waals surface area (Å²) in [4.78, 5) is 0. The van der Waals surface area contributed by atoms with Crippen LogP contribution in [0.5, 0.6) is 0 Å². The zero-order valence-corrected chi connectivity index (χ0v) is 69.2. The van der Waals surface area contributed by atoms with Gasteiger partial charge in [-0.05, 0) is 0 Å². The predicted octanol–water partition coefficient (Wildman–Crippen LogP) is 4.75. The van der Waals surface area contributed by atoms with E-state index in [4.69, 9.17) is 0 Å². The first kappa shape index (κ1) is 60.6. The van der Waals surface area contributed by atoms with Crippen molar-refractivity contribution in [3.63, 3.8) is 0 Å². The van der Waals surface area contributed by atoms with Crippen LogP contribution in [0.4, 0.5) is 0 Å². The van der Waals surface area contributed by atoms with Crippen LogP contribution in [-0.2, 0) is 0 Å². The fourth-order valence-corrected chi connectivity index (χ4v) is 86.4. The molecule has 0 aliphatic heterocycles. The number of hydrogen-bond acceptors (Lipinski definition) is 0. The summed E-state index contributed by atoms with van der Waals surface area (Å²) in [5.41, 5.74) is 71.4. The van der Waals surface area contributed by atoms with Crippen LogP contribution in [0.15, 0.2) is 41.0 Å². The Morgan fingerprint density at radius 3 is 0.688 bits per heavy atom. The number of benzene rings is 3. The van der Waals surface area contributed by atoms with Crippen LogP contribution in [0.1, 0.15) is 27.7 Å². The van der Waals surface area contributed by atoms with Crippen molar-refractivity contribution in [3.05, 3.63) is 41.0 Å². The van der Waals surface area contributed by atoms with Gasteiger partial charge < -0.3 is 0 Å². The van der Waals surface area contributed by atoms with E-state index in [1.807, 2.05) is 39.2 Å². The third-order valence-electron chi connectivity index (χ3n) is 13.6. The van der Waals surface area contributed by atoms with E-state index in [1.165, 1.54) is 0 Å². The standard InChI is InChI=1S/C51H88As12Si/c1-33-32-51(4,35(3)34(33)2)64(48-39(55(11)12)29-36(52(5)6)42(58(17)18)45(48)61(23)24,49-40(56(13)14)30-37(53(7)8)43(59(19)20)46(49)62(25)26)50-41(57(15)16)31-38(54(9)10)44(60(21)22)47(50)63(27)28/h29-32H,1-28H3. The van der Waals surface area contributed by atoms with Gasteiger partial charge in [0.25, 0.3) is 0 Å². The molecule has 0 nitrogen and oxygen atoms in total. The number of hydrogen-bond donors (Lipinski definition) is 0. The molecule has 13 heteroatoms. The molecule has 0 radical (unpaired) electrons. The molecule has 356 valence electrons. The van der Waals surface area contributed by atoms with Gasteiger partial charge in [0.1, 0.15) is 0 Å². The Morgan fingerprint density at radius 1 is 0.312 bits per heavy atom. The first-order chi connectivity index (χ1) is 29.4. The molecule has 0 aromatic heterocycles. The van der Waals surface area contributed by atoms with Crippen molar-refractivity contribution >= 4 is 252 Å². The van der Waals surface area contributed by atoms with Gasteiger partial charge >= 0.3 is 462 Å². The van der Waals surface area contributed by atoms with E-state index >= 15 is 0 Å². The topological polar surface area (TPSA) is 0 Å². The number of rotatable bonds is 16. The van der Waals surface area contributed by atoms with Crippen molar-refractivity contribution in [1.82, 2.24) is 0 Å². The van der Waals surface area contributed by atoms with Crippen molar-refractivity contribution in [1.29, 1.82) is 0 Å². The van der Waals surface area contributed by atoms with Crippen LogP contribution < -0.4 is 67.8 Å². The zero-order chi connectivity index (χ0) is 49.1. The van der Waals surface area contributed by atoms with Crippen molar-refractivity contribution < 1.29 is 0 Å². The first-order valence-corrected chi connectivity index (χ1v) is 80.8. The van der Waals surface area contributed by atoms with E-state index < -0.39 is 184 Å². The first-order valence-electron chi connectivity index (χ1n) is 22.5. The molecule has 1 aliphatic rings. The van der Waals surface area contributed by atoms with Gasteiger partial charge in [-0.2, -0.15) is 0 Å². The summed E-state index contributed by atoms with van der Waals surface area (Å²) in [5, 5.41) is 6.25. The molecule has 3 aromatic rings. The molecule has 0 heterocycles. The quantitative estimate of drug-likeness (QED) is 0.144. The average molecular weight is 1630 g/mol. The van der Waals surface area contributed by atoms with E-state index in [0.717, 1.165) is 0 Å². The van der Waals surface area contributed by atoms with Crippen LogP contribution in [0, 0.1) is 0 Å². The molecule has 0 fully saturated rings. The summed E-state index contributed by atoms with van der Waals surface area (Å²) in [7, 11) is -3.11. The van der Waals surface area contributed by atoms with Gasteiger partial charge in [0.15, 0.2) is 0 Å². The summed E-state index contributed by atoms with van der Waals surface area (Å²) in [6.45, 7) is 10.7. The number of allylic oxidation sites excluding steroid dienone is 4. The van der Waals surface area contributed by atoms with Crippen LogP contribution >= 0.6 is 0 Å². The summed E-state index contributed by atoms with van der Waals surface area (Å²) in [6.07, 6.45) is 3.02. The van der Waals surface area contributed by atoms with Crippen molar-refractivity contribution in [2.24, 2.45) is 0 Å². The summed E-state index contributed by atoms with van der Waals surface area (Å²) in [5.74, 6) is 0. The molecule has 0 bridgehead atoms. The average Bonchev–Trinajstić information content (AvgIpc) is 3.37. The molecular formula is C51H88As12Si. The van der Waals surface area contributed by atoms with Crippen molar-refractivity contribution in [2.45, 2.75) is 170 Å². The van der Waals surface area contributed by atoms with Gasteiger partial charge in [-0.3, -0.25) is 0 Å². The molecule has 1 unspecified atom stereocenters. The normalized spacial score (nSPS) is 16.7. The maximum atomic E-state index is 3.06. The van der Waals surface area contributed by atoms with E-state index in [1.54, 1.807) is 16.7 Å². The molecule has 0 saturated heterocycles. The summed E-state index contributed by atoms with van der Waals surface area (Å²) >= 11 is -16.4. The molecule has 1 atom stereocenters. The van der Waals surface area contributed by atoms with Gasteiger partial charge in [0.05, 0.1) is 0 Å². The monoisotopic (exact) mass is 1630 g/mol. The molecule has 3 aromatic carbocycles. The second-order valence-electron chi connectivity index (χ2n) is 20.7. The van der Waals surface area contributed by atoms with E-state index in [9.17, 15) is 0 Å². The SMILES string of the molecule is CC1=CC(C)([Si](c2c([As](C)C)cc([As](C)C)c([As](C)C)c2[As](C)C)(c2c([As](C)C)cc([As](C)C)c([As](C)C)c2[As](C)C)c2c([As](C)C)cc([As](C)C)c([As](C)C)c2[As](C)C)C(C)=C1C. The van der Waals surface area contributed by atoms with Crippen LogP contribution in [0.3, 0.4) is 0 Å². The zero-order valence-electron chi connectivity index (χ0n) is 45.7. The second kappa shape index (κ2) is 24.2. The molecule has 0 spiro atoms. The Labute approximate surface area is 455 Å². The van der Waals surface area contributed by atoms with Crippen LogP contribution in [0.2, 0.25) is 142 Å². The Kier molecular flexibility index (Phi) is 22.9. The predicted molar refractivity (Wildman–Crippen MR) is 330 cm³/mol. The van der Waals surface area contributed by atoms with E-state index in [2.05, 4.69) is 218 Å². The summed E-state index contributed by atoms with van der Waals surface area (Å²) < 4.78 is 23.8. The Hall–Kier alpha value is 4.06. The maximum absolute atomic E-state index is 3.11. The molecular weight excluding hydrogens is 1540 g/mol. The minimum atomic E-state index is -3.11. The third-order valence-corrected chi connectivity index (χ3v) is 60.8. The van der Waals surface area contributed by atoms with E-state index in [-0.39, 0.29) is 5.04 Å². The molecule has 64 heavy (non-hydrogen) atoms. The van der Waals surface area contributed by atoms with Crippen molar-refractivity contribution in [2.75, 3.05) is 0 Å². The van der Waals surface area contributed by atoms with E-state index in [0.29, 0.717) is 0 Å². The minimum absolute atomic E-state index is 0.0497. The fraction of sp³-hybridized carbons (Fsp3) is 0.569. The van der Waals surface area contributed by atoms with Crippen molar-refractivity contribution in [3.8, 4) is 0 Å². The van der Waals surface area contributed by atoms with Gasteiger partial charge in [0.2, 0.25) is 0 Å². The molecule has 4 rings (SSSR count). The third kappa shape index (κ3) is 11.2. The van der Waals surface area contributed by atoms with Gasteiger partial charge in [-0.1, -0.05) is 0 Å². The Balaban J connectivity index is 2.98. The Morgan fingerprint density at radius 2 is 0.531 bits per heavy atom. The van der Waals surface area contributed by atoms with Gasteiger partial charge in [-0.25, -0.2) is 0 Å². The fourth-order valence-electron chi connectivity index (χ4n) is 10.6. The van der Waals surface area contributed by atoms with Crippen LogP contribution in [0.25, 0.3) is 0 Å². The molecule has 0 saturated carbocycles. The molecule has 0 N–H and O–H groups in total. The summed E-state index contributed by atoms with van der Waals surface area (Å²) in [6, 6.07) is 9.18.